The van der Waals surface area contributed by atoms with E-state index in [4.69, 9.17) is 16.3 Å². The second-order valence-electron chi connectivity index (χ2n) is 4.59. The first-order valence-electron chi connectivity index (χ1n) is 6.28. The maximum Gasteiger partial charge on any atom is 0.0637 e. The number of anilines is 1. The van der Waals surface area contributed by atoms with Crippen LogP contribution >= 0.6 is 11.6 Å². The van der Waals surface area contributed by atoms with Crippen LogP contribution < -0.4 is 10.2 Å². The summed E-state index contributed by atoms with van der Waals surface area (Å²) < 4.78 is 5.15. The minimum absolute atomic E-state index is 0.423. The first kappa shape index (κ1) is 15.3. The molecule has 0 heterocycles. The molecule has 4 heteroatoms. The Kier molecular flexibility index (Phi) is 6.47. The van der Waals surface area contributed by atoms with Gasteiger partial charge in [-0.15, -0.1) is 0 Å². The van der Waals surface area contributed by atoms with Crippen molar-refractivity contribution in [3.05, 3.63) is 28.8 Å². The van der Waals surface area contributed by atoms with Crippen LogP contribution in [-0.4, -0.2) is 33.4 Å². The normalized spacial score (nSPS) is 11.0. The Hall–Kier alpha value is -0.770. The van der Waals surface area contributed by atoms with Gasteiger partial charge in [-0.3, -0.25) is 0 Å². The Bertz CT molecular complexity index is 369. The molecule has 3 nitrogen and oxygen atoms in total. The molecule has 18 heavy (non-hydrogen) atoms. The number of methoxy groups -OCH3 is 1. The second-order valence-corrected chi connectivity index (χ2v) is 4.99. The van der Waals surface area contributed by atoms with E-state index in [1.807, 2.05) is 13.1 Å². The highest BCUT2D eigenvalue weighted by molar-refractivity contribution is 6.31. The maximum absolute atomic E-state index is 6.29. The van der Waals surface area contributed by atoms with Crippen LogP contribution in [0.1, 0.15) is 19.4 Å². The molecule has 0 bridgehead atoms. The molecule has 1 aromatic carbocycles. The van der Waals surface area contributed by atoms with Gasteiger partial charge in [-0.25, -0.2) is 0 Å². The molecular weight excluding hydrogens is 248 g/mol. The van der Waals surface area contributed by atoms with Crippen molar-refractivity contribution in [3.63, 3.8) is 0 Å². The molecule has 0 saturated heterocycles. The van der Waals surface area contributed by atoms with Crippen molar-refractivity contribution in [2.24, 2.45) is 0 Å². The topological polar surface area (TPSA) is 24.5 Å². The average Bonchev–Trinajstić information content (AvgIpc) is 2.32. The molecule has 1 aromatic rings. The molecular formula is C14H23ClN2O. The van der Waals surface area contributed by atoms with E-state index >= 15 is 0 Å². The van der Waals surface area contributed by atoms with Crippen LogP contribution in [0.4, 0.5) is 5.69 Å². The van der Waals surface area contributed by atoms with Crippen molar-refractivity contribution in [3.8, 4) is 0 Å². The van der Waals surface area contributed by atoms with E-state index in [2.05, 4.69) is 36.2 Å². The van der Waals surface area contributed by atoms with Crippen LogP contribution in [0.5, 0.6) is 0 Å². The first-order chi connectivity index (χ1) is 8.60. The molecule has 0 atom stereocenters. The summed E-state index contributed by atoms with van der Waals surface area (Å²) in [4.78, 5) is 2.29. The summed E-state index contributed by atoms with van der Waals surface area (Å²) in [6, 6.07) is 6.65. The van der Waals surface area contributed by atoms with E-state index in [1.54, 1.807) is 7.11 Å². The van der Waals surface area contributed by atoms with Crippen molar-refractivity contribution in [2.75, 3.05) is 32.2 Å². The third-order valence-corrected chi connectivity index (χ3v) is 3.25. The van der Waals surface area contributed by atoms with Crippen molar-refractivity contribution >= 4 is 17.3 Å². The number of rotatable bonds is 7. The van der Waals surface area contributed by atoms with E-state index in [-0.39, 0.29) is 0 Å². The van der Waals surface area contributed by atoms with Gasteiger partial charge >= 0.3 is 0 Å². The first-order valence-corrected chi connectivity index (χ1v) is 6.66. The number of benzene rings is 1. The standard InChI is InChI=1S/C14H23ClN2O/c1-11(2)17(7-8-18-4)13-6-5-12(10-16-3)14(15)9-13/h5-6,9,11,16H,7-8,10H2,1-4H3. The summed E-state index contributed by atoms with van der Waals surface area (Å²) in [5, 5.41) is 3.92. The fraction of sp³-hybridized carbons (Fsp3) is 0.571. The van der Waals surface area contributed by atoms with Gasteiger partial charge in [-0.05, 0) is 38.6 Å². The monoisotopic (exact) mass is 270 g/mol. The van der Waals surface area contributed by atoms with Gasteiger partial charge in [0, 0.05) is 37.0 Å². The molecule has 0 aromatic heterocycles. The van der Waals surface area contributed by atoms with Crippen molar-refractivity contribution in [1.82, 2.24) is 5.32 Å². The summed E-state index contributed by atoms with van der Waals surface area (Å²) in [6.07, 6.45) is 0. The molecule has 0 unspecified atom stereocenters. The Morgan fingerprint density at radius 2 is 2.11 bits per heavy atom. The molecule has 0 saturated carbocycles. The van der Waals surface area contributed by atoms with Gasteiger partial charge in [0.15, 0.2) is 0 Å². The zero-order valence-corrected chi connectivity index (χ0v) is 12.4. The summed E-state index contributed by atoms with van der Waals surface area (Å²) >= 11 is 6.29. The quantitative estimate of drug-likeness (QED) is 0.825. The Labute approximate surface area is 115 Å². The van der Waals surface area contributed by atoms with Crippen LogP contribution in [0, 0.1) is 0 Å². The Morgan fingerprint density at radius 3 is 2.61 bits per heavy atom. The third kappa shape index (κ3) is 4.16. The van der Waals surface area contributed by atoms with Gasteiger partial charge in [0.05, 0.1) is 6.61 Å². The van der Waals surface area contributed by atoms with Crippen LogP contribution in [0.3, 0.4) is 0 Å². The lowest BCUT2D eigenvalue weighted by molar-refractivity contribution is 0.204. The van der Waals surface area contributed by atoms with E-state index in [0.29, 0.717) is 12.6 Å². The smallest absolute Gasteiger partial charge is 0.0637 e. The van der Waals surface area contributed by atoms with E-state index < -0.39 is 0 Å². The minimum atomic E-state index is 0.423. The maximum atomic E-state index is 6.29. The van der Waals surface area contributed by atoms with Crippen LogP contribution in [0.25, 0.3) is 0 Å². The molecule has 0 aliphatic rings. The third-order valence-electron chi connectivity index (χ3n) is 2.90. The van der Waals surface area contributed by atoms with Crippen LogP contribution in [0.15, 0.2) is 18.2 Å². The van der Waals surface area contributed by atoms with E-state index in [0.717, 1.165) is 29.4 Å². The summed E-state index contributed by atoms with van der Waals surface area (Å²) in [6.45, 7) is 6.72. The van der Waals surface area contributed by atoms with Crippen LogP contribution in [-0.2, 0) is 11.3 Å². The number of nitrogens with one attached hydrogen (secondary N) is 1. The van der Waals surface area contributed by atoms with E-state index in [1.165, 1.54) is 0 Å². The molecule has 0 spiro atoms. The fourth-order valence-corrected chi connectivity index (χ4v) is 2.17. The number of hydrogen-bond acceptors (Lipinski definition) is 3. The number of ether oxygens (including phenoxy) is 1. The predicted octanol–water partition coefficient (Wildman–Crippen LogP) is 2.92. The molecule has 0 radical (unpaired) electrons. The number of hydrogen-bond donors (Lipinski definition) is 1. The number of halogens is 1. The summed E-state index contributed by atoms with van der Waals surface area (Å²) in [7, 11) is 3.64. The Morgan fingerprint density at radius 1 is 1.39 bits per heavy atom. The van der Waals surface area contributed by atoms with Gasteiger partial charge in [-0.1, -0.05) is 17.7 Å². The average molecular weight is 271 g/mol. The van der Waals surface area contributed by atoms with Crippen molar-refractivity contribution < 1.29 is 4.74 Å². The minimum Gasteiger partial charge on any atom is -0.383 e. The molecule has 1 N–H and O–H groups in total. The highest BCUT2D eigenvalue weighted by Gasteiger charge is 2.11. The number of nitrogens with zero attached hydrogens (tertiary/aromatic N) is 1. The van der Waals surface area contributed by atoms with Gasteiger partial charge in [-0.2, -0.15) is 0 Å². The predicted molar refractivity (Wildman–Crippen MR) is 78.6 cm³/mol. The highest BCUT2D eigenvalue weighted by Crippen LogP contribution is 2.25. The molecule has 0 amide bonds. The zero-order chi connectivity index (χ0) is 13.5. The lowest BCUT2D eigenvalue weighted by Crippen LogP contribution is -2.33. The van der Waals surface area contributed by atoms with Gasteiger partial charge in [0.2, 0.25) is 0 Å². The highest BCUT2D eigenvalue weighted by atomic mass is 35.5. The van der Waals surface area contributed by atoms with Gasteiger partial charge in [0.1, 0.15) is 0 Å². The lowest BCUT2D eigenvalue weighted by atomic mass is 10.1. The molecule has 0 aliphatic heterocycles. The summed E-state index contributed by atoms with van der Waals surface area (Å²) in [5.74, 6) is 0. The van der Waals surface area contributed by atoms with Crippen LogP contribution in [0.2, 0.25) is 5.02 Å². The molecule has 102 valence electrons. The van der Waals surface area contributed by atoms with Crippen molar-refractivity contribution in [2.45, 2.75) is 26.4 Å². The molecule has 0 aliphatic carbocycles. The van der Waals surface area contributed by atoms with Gasteiger partial charge < -0.3 is 15.0 Å². The Balaban J connectivity index is 2.88. The SMILES string of the molecule is CNCc1ccc(N(CCOC)C(C)C)cc1Cl. The second kappa shape index (κ2) is 7.62. The molecule has 0 fully saturated rings. The van der Waals surface area contributed by atoms with E-state index in [9.17, 15) is 0 Å². The zero-order valence-electron chi connectivity index (χ0n) is 11.7. The van der Waals surface area contributed by atoms with Crippen molar-refractivity contribution in [1.29, 1.82) is 0 Å². The largest absolute Gasteiger partial charge is 0.383 e. The molecule has 1 rings (SSSR count). The summed E-state index contributed by atoms with van der Waals surface area (Å²) in [5.41, 5.74) is 2.27. The van der Waals surface area contributed by atoms with Gasteiger partial charge in [0.25, 0.3) is 0 Å². The fourth-order valence-electron chi connectivity index (χ4n) is 1.92. The lowest BCUT2D eigenvalue weighted by Gasteiger charge is -2.29.